The molecule has 0 atom stereocenters. The van der Waals surface area contributed by atoms with Crippen LogP contribution in [0.15, 0.2) is 18.2 Å². The van der Waals surface area contributed by atoms with E-state index in [1.54, 1.807) is 0 Å². The molecule has 1 saturated carbocycles. The Balaban J connectivity index is 2.04. The summed E-state index contributed by atoms with van der Waals surface area (Å²) in [6.45, 7) is 2.86. The predicted octanol–water partition coefficient (Wildman–Crippen LogP) is 3.83. The summed E-state index contributed by atoms with van der Waals surface area (Å²) < 4.78 is 39.9. The average molecular weight is 283 g/mol. The Kier molecular flexibility index (Phi) is 2.74. The first kappa shape index (κ1) is 13.3. The Hall–Kier alpha value is -1.72. The van der Waals surface area contributed by atoms with E-state index in [-0.39, 0.29) is 5.41 Å². The number of halogens is 3. The second-order valence-corrected chi connectivity index (χ2v) is 5.61. The fourth-order valence-electron chi connectivity index (χ4n) is 2.63. The molecule has 1 aromatic heterocycles. The van der Waals surface area contributed by atoms with Crippen LogP contribution in [-0.4, -0.2) is 9.55 Å². The Morgan fingerprint density at radius 1 is 1.35 bits per heavy atom. The number of hydrogen-bond donors (Lipinski definition) is 1. The maximum Gasteiger partial charge on any atom is 0.416 e. The molecule has 0 spiro atoms. The lowest BCUT2D eigenvalue weighted by molar-refractivity contribution is -0.137. The molecule has 6 heteroatoms. The minimum absolute atomic E-state index is 0.254. The van der Waals surface area contributed by atoms with E-state index in [2.05, 4.69) is 11.9 Å². The van der Waals surface area contributed by atoms with Gasteiger partial charge in [-0.05, 0) is 42.9 Å². The third-order valence-electron chi connectivity index (χ3n) is 4.31. The molecule has 3 rings (SSSR count). The molecule has 2 N–H and O–H groups in total. The van der Waals surface area contributed by atoms with E-state index in [0.29, 0.717) is 17.0 Å². The van der Waals surface area contributed by atoms with Crippen molar-refractivity contribution in [3.63, 3.8) is 0 Å². The van der Waals surface area contributed by atoms with Crippen LogP contribution >= 0.6 is 0 Å². The van der Waals surface area contributed by atoms with E-state index in [9.17, 15) is 13.2 Å². The van der Waals surface area contributed by atoms with E-state index in [4.69, 9.17) is 5.73 Å². The maximum absolute atomic E-state index is 12.7. The molecule has 0 saturated heterocycles. The topological polar surface area (TPSA) is 43.8 Å². The summed E-state index contributed by atoms with van der Waals surface area (Å²) in [7, 11) is 0. The fourth-order valence-corrected chi connectivity index (χ4v) is 2.63. The van der Waals surface area contributed by atoms with Gasteiger partial charge in [0.1, 0.15) is 0 Å². The minimum Gasteiger partial charge on any atom is -0.369 e. The van der Waals surface area contributed by atoms with Gasteiger partial charge in [0.2, 0.25) is 5.95 Å². The number of nitrogen functional groups attached to an aromatic ring is 1. The van der Waals surface area contributed by atoms with Crippen LogP contribution in [0.25, 0.3) is 11.0 Å². The highest BCUT2D eigenvalue weighted by atomic mass is 19.4. The number of hydrogen-bond acceptors (Lipinski definition) is 2. The van der Waals surface area contributed by atoms with Gasteiger partial charge in [0, 0.05) is 6.54 Å². The number of rotatable bonds is 3. The standard InChI is InChI=1S/C14H16F3N3/c1-2-13(5-6-13)8-20-11-4-3-9(14(15,16)17)7-10(11)19-12(20)18/h3-4,7H,2,5-6,8H2,1H3,(H2,18,19). The molecule has 20 heavy (non-hydrogen) atoms. The van der Waals surface area contributed by atoms with Crippen molar-refractivity contribution < 1.29 is 13.2 Å². The molecule has 0 aliphatic heterocycles. The molecule has 1 aliphatic carbocycles. The van der Waals surface area contributed by atoms with Gasteiger partial charge in [0.15, 0.2) is 0 Å². The number of nitrogens with zero attached hydrogens (tertiary/aromatic N) is 2. The van der Waals surface area contributed by atoms with Crippen LogP contribution in [0, 0.1) is 5.41 Å². The summed E-state index contributed by atoms with van der Waals surface area (Å²) in [5.41, 5.74) is 6.42. The molecule has 2 aromatic rings. The summed E-state index contributed by atoms with van der Waals surface area (Å²) >= 11 is 0. The first-order valence-corrected chi connectivity index (χ1v) is 6.68. The molecule has 0 radical (unpaired) electrons. The van der Waals surface area contributed by atoms with Gasteiger partial charge in [-0.2, -0.15) is 13.2 Å². The van der Waals surface area contributed by atoms with Crippen LogP contribution in [0.5, 0.6) is 0 Å². The van der Waals surface area contributed by atoms with Crippen molar-refractivity contribution in [2.75, 3.05) is 5.73 Å². The van der Waals surface area contributed by atoms with Crippen molar-refractivity contribution in [1.82, 2.24) is 9.55 Å². The van der Waals surface area contributed by atoms with Crippen LogP contribution in [0.3, 0.4) is 0 Å². The third-order valence-corrected chi connectivity index (χ3v) is 4.31. The van der Waals surface area contributed by atoms with Gasteiger partial charge in [-0.1, -0.05) is 6.92 Å². The SMILES string of the molecule is CCC1(Cn2c(N)nc3cc(C(F)(F)F)ccc32)CC1. The van der Waals surface area contributed by atoms with Crippen molar-refractivity contribution in [3.8, 4) is 0 Å². The molecular weight excluding hydrogens is 267 g/mol. The molecule has 1 heterocycles. The number of benzene rings is 1. The summed E-state index contributed by atoms with van der Waals surface area (Å²) in [4.78, 5) is 4.07. The minimum atomic E-state index is -4.35. The molecular formula is C14H16F3N3. The Morgan fingerprint density at radius 3 is 2.60 bits per heavy atom. The Morgan fingerprint density at radius 2 is 2.05 bits per heavy atom. The van der Waals surface area contributed by atoms with Crippen LogP contribution in [0.2, 0.25) is 0 Å². The largest absolute Gasteiger partial charge is 0.416 e. The lowest BCUT2D eigenvalue weighted by Gasteiger charge is -2.15. The van der Waals surface area contributed by atoms with Crippen molar-refractivity contribution in [2.24, 2.45) is 5.41 Å². The molecule has 0 unspecified atom stereocenters. The highest BCUT2D eigenvalue weighted by Gasteiger charge is 2.41. The number of fused-ring (bicyclic) bond motifs is 1. The van der Waals surface area contributed by atoms with E-state index >= 15 is 0 Å². The molecule has 108 valence electrons. The lowest BCUT2D eigenvalue weighted by Crippen LogP contribution is -2.13. The lowest BCUT2D eigenvalue weighted by atomic mass is 10.0. The van der Waals surface area contributed by atoms with Crippen LogP contribution in [-0.2, 0) is 12.7 Å². The van der Waals surface area contributed by atoms with E-state index < -0.39 is 11.7 Å². The first-order chi connectivity index (χ1) is 9.35. The number of aromatic nitrogens is 2. The highest BCUT2D eigenvalue weighted by Crippen LogP contribution is 2.50. The Labute approximate surface area is 114 Å². The van der Waals surface area contributed by atoms with Crippen molar-refractivity contribution in [3.05, 3.63) is 23.8 Å². The number of anilines is 1. The summed E-state index contributed by atoms with van der Waals surface area (Å²) in [6.07, 6.45) is -1.02. The fraction of sp³-hybridized carbons (Fsp3) is 0.500. The number of alkyl halides is 3. The summed E-state index contributed by atoms with van der Waals surface area (Å²) in [5, 5.41) is 0. The van der Waals surface area contributed by atoms with Gasteiger partial charge in [-0.3, -0.25) is 0 Å². The zero-order valence-corrected chi connectivity index (χ0v) is 11.2. The van der Waals surface area contributed by atoms with Crippen LogP contribution in [0.1, 0.15) is 31.7 Å². The van der Waals surface area contributed by atoms with Gasteiger partial charge >= 0.3 is 6.18 Å². The van der Waals surface area contributed by atoms with Gasteiger partial charge in [-0.15, -0.1) is 0 Å². The zero-order chi connectivity index (χ0) is 14.5. The molecule has 0 amide bonds. The monoisotopic (exact) mass is 283 g/mol. The molecule has 3 nitrogen and oxygen atoms in total. The number of nitrogens with two attached hydrogens (primary N) is 1. The van der Waals surface area contributed by atoms with Crippen LogP contribution in [0.4, 0.5) is 19.1 Å². The van der Waals surface area contributed by atoms with Gasteiger partial charge in [-0.25, -0.2) is 4.98 Å². The molecule has 1 fully saturated rings. The summed E-state index contributed by atoms with van der Waals surface area (Å²) in [5.74, 6) is 0.291. The van der Waals surface area contributed by atoms with Crippen molar-refractivity contribution in [1.29, 1.82) is 0 Å². The number of imidazole rings is 1. The second kappa shape index (κ2) is 4.14. The van der Waals surface area contributed by atoms with Crippen LogP contribution < -0.4 is 5.73 Å². The normalized spacial score (nSPS) is 17.6. The maximum atomic E-state index is 12.7. The average Bonchev–Trinajstić information content (AvgIpc) is 3.09. The van der Waals surface area contributed by atoms with E-state index in [0.717, 1.165) is 37.9 Å². The van der Waals surface area contributed by atoms with Gasteiger partial charge < -0.3 is 10.3 Å². The first-order valence-electron chi connectivity index (χ1n) is 6.68. The van der Waals surface area contributed by atoms with Crippen molar-refractivity contribution in [2.45, 2.75) is 38.9 Å². The molecule has 0 bridgehead atoms. The second-order valence-electron chi connectivity index (χ2n) is 5.61. The Bertz CT molecular complexity index is 653. The van der Waals surface area contributed by atoms with E-state index in [1.165, 1.54) is 6.07 Å². The quantitative estimate of drug-likeness (QED) is 0.930. The zero-order valence-electron chi connectivity index (χ0n) is 11.2. The van der Waals surface area contributed by atoms with Gasteiger partial charge in [0.05, 0.1) is 16.6 Å². The smallest absolute Gasteiger partial charge is 0.369 e. The summed E-state index contributed by atoms with van der Waals surface area (Å²) in [6, 6.07) is 3.62. The van der Waals surface area contributed by atoms with Gasteiger partial charge in [0.25, 0.3) is 0 Å². The van der Waals surface area contributed by atoms with Crippen molar-refractivity contribution >= 4 is 17.0 Å². The molecule has 1 aliphatic rings. The molecule has 1 aromatic carbocycles. The highest BCUT2D eigenvalue weighted by molar-refractivity contribution is 5.79. The predicted molar refractivity (Wildman–Crippen MR) is 71.1 cm³/mol. The van der Waals surface area contributed by atoms with E-state index in [1.807, 2.05) is 4.57 Å². The third kappa shape index (κ3) is 2.13.